The maximum Gasteiger partial charge on any atom is 0.179 e. The van der Waals surface area contributed by atoms with Gasteiger partial charge < -0.3 is 0 Å². The summed E-state index contributed by atoms with van der Waals surface area (Å²) in [5.74, 6) is 0.135. The zero-order valence-corrected chi connectivity index (χ0v) is 13.2. The van der Waals surface area contributed by atoms with Crippen molar-refractivity contribution in [1.29, 1.82) is 0 Å². The summed E-state index contributed by atoms with van der Waals surface area (Å²) in [6.07, 6.45) is 0.979. The van der Waals surface area contributed by atoms with Crippen LogP contribution in [0.4, 0.5) is 0 Å². The van der Waals surface area contributed by atoms with Crippen molar-refractivity contribution in [2.24, 2.45) is 0 Å². The summed E-state index contributed by atoms with van der Waals surface area (Å²) in [6.45, 7) is 2.83. The lowest BCUT2D eigenvalue weighted by Gasteiger charge is -2.23. The van der Waals surface area contributed by atoms with Crippen molar-refractivity contribution in [3.8, 4) is 0 Å². The molecule has 0 saturated carbocycles. The Balaban J connectivity index is 1.93. The fraction of sp³-hybridized carbons (Fsp3) is 0.312. The highest BCUT2D eigenvalue weighted by molar-refractivity contribution is 7.09. The molecule has 106 valence electrons. The molecular formula is C16H18ClNOS. The number of hydrogen-bond donors (Lipinski definition) is 0. The molecule has 1 atom stereocenters. The Labute approximate surface area is 129 Å². The van der Waals surface area contributed by atoms with Crippen molar-refractivity contribution >= 4 is 28.7 Å². The Morgan fingerprint density at radius 2 is 2.00 bits per heavy atom. The summed E-state index contributed by atoms with van der Waals surface area (Å²) in [6, 6.07) is 11.1. The number of thiophene rings is 1. The van der Waals surface area contributed by atoms with Gasteiger partial charge in [-0.05, 0) is 56.1 Å². The third-order valence-corrected chi connectivity index (χ3v) is 4.65. The molecule has 0 bridgehead atoms. The Bertz CT molecular complexity index is 550. The second-order valence-electron chi connectivity index (χ2n) is 4.86. The molecule has 0 N–H and O–H groups in total. The first kappa shape index (κ1) is 15.2. The molecule has 2 nitrogen and oxygen atoms in total. The summed E-state index contributed by atoms with van der Waals surface area (Å²) in [5.41, 5.74) is 0.713. The number of benzene rings is 1. The molecule has 1 aromatic carbocycles. The van der Waals surface area contributed by atoms with Gasteiger partial charge in [-0.25, -0.2) is 0 Å². The van der Waals surface area contributed by atoms with Crippen LogP contribution in [0.5, 0.6) is 0 Å². The molecule has 0 spiro atoms. The van der Waals surface area contributed by atoms with E-state index in [1.54, 1.807) is 35.6 Å². The minimum atomic E-state index is -0.129. The summed E-state index contributed by atoms with van der Waals surface area (Å²) >= 11 is 7.60. The number of rotatable bonds is 6. The number of halogens is 1. The molecule has 0 aliphatic carbocycles. The standard InChI is InChI=1S/C16H18ClNOS/c1-12(16(19)13-5-7-14(17)8-6-13)18(2)10-9-15-4-3-11-20-15/h3-8,11-12H,9-10H2,1-2H3. The highest BCUT2D eigenvalue weighted by Crippen LogP contribution is 2.14. The maximum atomic E-state index is 12.4. The molecule has 0 aliphatic rings. The van der Waals surface area contributed by atoms with E-state index in [9.17, 15) is 4.79 Å². The molecule has 0 aliphatic heterocycles. The lowest BCUT2D eigenvalue weighted by molar-refractivity contribution is 0.0870. The van der Waals surface area contributed by atoms with Gasteiger partial charge in [-0.15, -0.1) is 11.3 Å². The van der Waals surface area contributed by atoms with E-state index in [1.165, 1.54) is 4.88 Å². The van der Waals surface area contributed by atoms with E-state index in [2.05, 4.69) is 22.4 Å². The quantitative estimate of drug-likeness (QED) is 0.747. The van der Waals surface area contributed by atoms with Crippen molar-refractivity contribution in [3.63, 3.8) is 0 Å². The number of carbonyl (C=O) groups is 1. The van der Waals surface area contributed by atoms with Crippen LogP contribution in [0.2, 0.25) is 5.02 Å². The van der Waals surface area contributed by atoms with Gasteiger partial charge in [0.05, 0.1) is 6.04 Å². The average Bonchev–Trinajstić information content (AvgIpc) is 2.97. The molecule has 2 aromatic rings. The van der Waals surface area contributed by atoms with E-state index < -0.39 is 0 Å². The Kier molecular flexibility index (Phi) is 5.35. The van der Waals surface area contributed by atoms with Crippen LogP contribution in [0, 0.1) is 0 Å². The molecule has 2 rings (SSSR count). The third kappa shape index (κ3) is 3.92. The van der Waals surface area contributed by atoms with Crippen LogP contribution in [0.15, 0.2) is 41.8 Å². The molecule has 0 saturated heterocycles. The Morgan fingerprint density at radius 1 is 1.30 bits per heavy atom. The van der Waals surface area contributed by atoms with Crippen LogP contribution >= 0.6 is 22.9 Å². The van der Waals surface area contributed by atoms with Gasteiger partial charge in [0.15, 0.2) is 5.78 Å². The fourth-order valence-corrected chi connectivity index (χ4v) is 2.81. The van der Waals surface area contributed by atoms with E-state index in [0.717, 1.165) is 13.0 Å². The molecule has 4 heteroatoms. The van der Waals surface area contributed by atoms with E-state index >= 15 is 0 Å². The lowest BCUT2D eigenvalue weighted by Crippen LogP contribution is -2.37. The maximum absolute atomic E-state index is 12.4. The summed E-state index contributed by atoms with van der Waals surface area (Å²) in [4.78, 5) is 15.8. The minimum Gasteiger partial charge on any atom is -0.296 e. The van der Waals surface area contributed by atoms with Gasteiger partial charge in [-0.2, -0.15) is 0 Å². The molecule has 0 amide bonds. The minimum absolute atomic E-state index is 0.129. The topological polar surface area (TPSA) is 20.3 Å². The monoisotopic (exact) mass is 307 g/mol. The van der Waals surface area contributed by atoms with Crippen molar-refractivity contribution in [2.75, 3.05) is 13.6 Å². The second-order valence-corrected chi connectivity index (χ2v) is 6.33. The van der Waals surface area contributed by atoms with Gasteiger partial charge in [0.1, 0.15) is 0 Å². The second kappa shape index (κ2) is 7.02. The van der Waals surface area contributed by atoms with Crippen LogP contribution in [0.3, 0.4) is 0 Å². The van der Waals surface area contributed by atoms with Gasteiger partial charge in [0.2, 0.25) is 0 Å². The van der Waals surface area contributed by atoms with E-state index in [0.29, 0.717) is 10.6 Å². The predicted octanol–water partition coefficient (Wildman–Crippen LogP) is 4.15. The molecule has 0 fully saturated rings. The number of carbonyl (C=O) groups excluding carboxylic acids is 1. The first-order chi connectivity index (χ1) is 9.58. The zero-order chi connectivity index (χ0) is 14.5. The molecule has 0 radical (unpaired) electrons. The number of ketones is 1. The number of Topliss-reactive ketones (excluding diaryl/α,β-unsaturated/α-hetero) is 1. The van der Waals surface area contributed by atoms with Crippen LogP contribution in [0.25, 0.3) is 0 Å². The number of likely N-dealkylation sites (N-methyl/N-ethyl adjacent to an activating group) is 1. The molecule has 1 unspecified atom stereocenters. The van der Waals surface area contributed by atoms with Crippen LogP contribution < -0.4 is 0 Å². The number of nitrogens with zero attached hydrogens (tertiary/aromatic N) is 1. The molecular weight excluding hydrogens is 290 g/mol. The largest absolute Gasteiger partial charge is 0.296 e. The van der Waals surface area contributed by atoms with E-state index in [-0.39, 0.29) is 11.8 Å². The van der Waals surface area contributed by atoms with Crippen LogP contribution in [-0.4, -0.2) is 30.3 Å². The van der Waals surface area contributed by atoms with Crippen LogP contribution in [0.1, 0.15) is 22.2 Å². The number of hydrogen-bond acceptors (Lipinski definition) is 3. The molecule has 1 heterocycles. The van der Waals surface area contributed by atoms with Gasteiger partial charge in [0, 0.05) is 22.0 Å². The smallest absolute Gasteiger partial charge is 0.179 e. The first-order valence-electron chi connectivity index (χ1n) is 6.60. The lowest BCUT2D eigenvalue weighted by atomic mass is 10.0. The third-order valence-electron chi connectivity index (χ3n) is 3.46. The summed E-state index contributed by atoms with van der Waals surface area (Å²) in [5, 5.41) is 2.73. The Hall–Kier alpha value is -1.16. The van der Waals surface area contributed by atoms with Crippen molar-refractivity contribution in [1.82, 2.24) is 4.90 Å². The zero-order valence-electron chi connectivity index (χ0n) is 11.7. The fourth-order valence-electron chi connectivity index (χ4n) is 1.99. The van der Waals surface area contributed by atoms with Gasteiger partial charge in [-0.3, -0.25) is 9.69 Å². The predicted molar refractivity (Wildman–Crippen MR) is 85.9 cm³/mol. The Morgan fingerprint density at radius 3 is 2.60 bits per heavy atom. The van der Waals surface area contributed by atoms with E-state index in [1.807, 2.05) is 14.0 Å². The SMILES string of the molecule is CC(C(=O)c1ccc(Cl)cc1)N(C)CCc1cccs1. The van der Waals surface area contributed by atoms with Crippen molar-refractivity contribution < 1.29 is 4.79 Å². The van der Waals surface area contributed by atoms with Gasteiger partial charge in [-0.1, -0.05) is 17.7 Å². The van der Waals surface area contributed by atoms with Gasteiger partial charge >= 0.3 is 0 Å². The average molecular weight is 308 g/mol. The van der Waals surface area contributed by atoms with Crippen molar-refractivity contribution in [3.05, 3.63) is 57.2 Å². The summed E-state index contributed by atoms with van der Waals surface area (Å²) in [7, 11) is 1.99. The summed E-state index contributed by atoms with van der Waals surface area (Å²) < 4.78 is 0. The van der Waals surface area contributed by atoms with Gasteiger partial charge in [0.25, 0.3) is 0 Å². The highest BCUT2D eigenvalue weighted by atomic mass is 35.5. The first-order valence-corrected chi connectivity index (χ1v) is 7.86. The molecule has 20 heavy (non-hydrogen) atoms. The van der Waals surface area contributed by atoms with Crippen molar-refractivity contribution in [2.45, 2.75) is 19.4 Å². The normalized spacial score (nSPS) is 12.6. The molecule has 1 aromatic heterocycles. The van der Waals surface area contributed by atoms with Crippen LogP contribution in [-0.2, 0) is 6.42 Å². The van der Waals surface area contributed by atoms with E-state index in [4.69, 9.17) is 11.6 Å². The highest BCUT2D eigenvalue weighted by Gasteiger charge is 2.19.